The third-order valence-corrected chi connectivity index (χ3v) is 3.14. The van der Waals surface area contributed by atoms with Crippen LogP contribution in [-0.4, -0.2) is 11.5 Å². The molecule has 0 heterocycles. The summed E-state index contributed by atoms with van der Waals surface area (Å²) in [6.45, 7) is 2.40. The van der Waals surface area contributed by atoms with Gasteiger partial charge in [-0.2, -0.15) is 0 Å². The van der Waals surface area contributed by atoms with Gasteiger partial charge in [0, 0.05) is 5.56 Å². The van der Waals surface area contributed by atoms with Crippen LogP contribution in [0.5, 0.6) is 0 Å². The molecule has 2 rings (SSSR count). The SMILES string of the molecule is CCC(CC(=O)c1ccccc1)=NOCc1ccccc1. The summed E-state index contributed by atoms with van der Waals surface area (Å²) in [6.07, 6.45) is 1.00. The number of nitrogens with zero attached hydrogens (tertiary/aromatic N) is 1. The van der Waals surface area contributed by atoms with Gasteiger partial charge < -0.3 is 4.84 Å². The predicted octanol–water partition coefficient (Wildman–Crippen LogP) is 4.24. The molecule has 0 saturated heterocycles. The van der Waals surface area contributed by atoms with E-state index in [1.165, 1.54) is 0 Å². The Morgan fingerprint density at radius 2 is 1.62 bits per heavy atom. The predicted molar refractivity (Wildman–Crippen MR) is 84.3 cm³/mol. The molecule has 108 valence electrons. The highest BCUT2D eigenvalue weighted by molar-refractivity contribution is 6.09. The van der Waals surface area contributed by atoms with Gasteiger partial charge >= 0.3 is 0 Å². The zero-order valence-electron chi connectivity index (χ0n) is 12.2. The van der Waals surface area contributed by atoms with Crippen molar-refractivity contribution in [2.45, 2.75) is 26.4 Å². The summed E-state index contributed by atoms with van der Waals surface area (Å²) < 4.78 is 0. The van der Waals surface area contributed by atoms with Crippen molar-refractivity contribution in [2.24, 2.45) is 5.16 Å². The molecule has 0 atom stereocenters. The van der Waals surface area contributed by atoms with Gasteiger partial charge in [0.15, 0.2) is 5.78 Å². The molecule has 0 fully saturated rings. The van der Waals surface area contributed by atoms with Crippen molar-refractivity contribution in [3.63, 3.8) is 0 Å². The molecular weight excluding hydrogens is 262 g/mol. The number of carbonyl (C=O) groups excluding carboxylic acids is 1. The van der Waals surface area contributed by atoms with E-state index in [0.29, 0.717) is 25.0 Å². The van der Waals surface area contributed by atoms with Crippen molar-refractivity contribution in [1.82, 2.24) is 0 Å². The maximum Gasteiger partial charge on any atom is 0.168 e. The summed E-state index contributed by atoms with van der Waals surface area (Å²) in [4.78, 5) is 17.5. The molecule has 2 aromatic rings. The van der Waals surface area contributed by atoms with Gasteiger partial charge in [-0.3, -0.25) is 4.79 Å². The summed E-state index contributed by atoms with van der Waals surface area (Å²) >= 11 is 0. The van der Waals surface area contributed by atoms with E-state index in [9.17, 15) is 4.79 Å². The number of Topliss-reactive ketones (excluding diaryl/α,β-unsaturated/α-hetero) is 1. The Bertz CT molecular complexity index is 591. The Hall–Kier alpha value is -2.42. The van der Waals surface area contributed by atoms with E-state index in [1.807, 2.05) is 67.6 Å². The molecule has 0 bridgehead atoms. The molecule has 3 nitrogen and oxygen atoms in total. The van der Waals surface area contributed by atoms with E-state index in [0.717, 1.165) is 11.3 Å². The van der Waals surface area contributed by atoms with E-state index in [-0.39, 0.29) is 5.78 Å². The molecule has 0 aromatic heterocycles. The first-order valence-corrected chi connectivity index (χ1v) is 7.09. The standard InChI is InChI=1S/C18H19NO2/c1-2-17(13-18(20)16-11-7-4-8-12-16)19-21-14-15-9-5-3-6-10-15/h3-12H,2,13-14H2,1H3. The molecule has 21 heavy (non-hydrogen) atoms. The smallest absolute Gasteiger partial charge is 0.168 e. The molecule has 0 radical (unpaired) electrons. The molecule has 2 aromatic carbocycles. The van der Waals surface area contributed by atoms with E-state index >= 15 is 0 Å². The van der Waals surface area contributed by atoms with Crippen molar-refractivity contribution in [2.75, 3.05) is 0 Å². The topological polar surface area (TPSA) is 38.7 Å². The van der Waals surface area contributed by atoms with Crippen molar-refractivity contribution in [3.8, 4) is 0 Å². The second kappa shape index (κ2) is 8.00. The van der Waals surface area contributed by atoms with Gasteiger partial charge in [-0.1, -0.05) is 72.7 Å². The van der Waals surface area contributed by atoms with Crippen LogP contribution in [0.25, 0.3) is 0 Å². The quantitative estimate of drug-likeness (QED) is 0.432. The molecule has 0 spiro atoms. The second-order valence-corrected chi connectivity index (χ2v) is 4.74. The van der Waals surface area contributed by atoms with Crippen LogP contribution < -0.4 is 0 Å². The van der Waals surface area contributed by atoms with Crippen LogP contribution in [0.2, 0.25) is 0 Å². The zero-order chi connectivity index (χ0) is 14.9. The Kier molecular flexibility index (Phi) is 5.71. The van der Waals surface area contributed by atoms with Crippen molar-refractivity contribution in [3.05, 3.63) is 71.8 Å². The summed E-state index contributed by atoms with van der Waals surface area (Å²) in [5.74, 6) is 0.0690. The number of benzene rings is 2. The molecule has 0 amide bonds. The van der Waals surface area contributed by atoms with Crippen LogP contribution in [0.15, 0.2) is 65.8 Å². The van der Waals surface area contributed by atoms with E-state index in [2.05, 4.69) is 5.16 Å². The fourth-order valence-electron chi connectivity index (χ4n) is 1.91. The summed E-state index contributed by atoms with van der Waals surface area (Å²) in [5, 5.41) is 4.10. The Morgan fingerprint density at radius 1 is 1.00 bits per heavy atom. The summed E-state index contributed by atoms with van der Waals surface area (Å²) in [7, 11) is 0. The second-order valence-electron chi connectivity index (χ2n) is 4.74. The lowest BCUT2D eigenvalue weighted by atomic mass is 10.0. The average Bonchev–Trinajstić information content (AvgIpc) is 2.55. The van der Waals surface area contributed by atoms with Gasteiger partial charge in [0.05, 0.1) is 12.1 Å². The molecule has 0 saturated carbocycles. The fraction of sp³-hybridized carbons (Fsp3) is 0.222. The summed E-state index contributed by atoms with van der Waals surface area (Å²) in [5.41, 5.74) is 2.53. The number of oxime groups is 1. The first-order chi connectivity index (χ1) is 10.3. The number of carbonyl (C=O) groups is 1. The number of rotatable bonds is 7. The van der Waals surface area contributed by atoms with Gasteiger partial charge in [-0.05, 0) is 12.0 Å². The normalized spacial score (nSPS) is 11.2. The number of hydrogen-bond donors (Lipinski definition) is 0. The van der Waals surface area contributed by atoms with Crippen LogP contribution in [0.3, 0.4) is 0 Å². The van der Waals surface area contributed by atoms with Crippen LogP contribution in [0.1, 0.15) is 35.7 Å². The largest absolute Gasteiger partial charge is 0.391 e. The van der Waals surface area contributed by atoms with Crippen LogP contribution in [0.4, 0.5) is 0 Å². The Labute approximate surface area is 125 Å². The highest BCUT2D eigenvalue weighted by atomic mass is 16.6. The minimum atomic E-state index is 0.0690. The third-order valence-electron chi connectivity index (χ3n) is 3.14. The molecule has 0 unspecified atom stereocenters. The number of hydrogen-bond acceptors (Lipinski definition) is 3. The van der Waals surface area contributed by atoms with Gasteiger partial charge in [-0.25, -0.2) is 0 Å². The molecule has 3 heteroatoms. The fourth-order valence-corrected chi connectivity index (χ4v) is 1.91. The number of ketones is 1. The van der Waals surface area contributed by atoms with E-state index in [1.54, 1.807) is 0 Å². The minimum Gasteiger partial charge on any atom is -0.391 e. The maximum atomic E-state index is 12.1. The molecule has 0 N–H and O–H groups in total. The van der Waals surface area contributed by atoms with Crippen LogP contribution in [0, 0.1) is 0 Å². The van der Waals surface area contributed by atoms with E-state index < -0.39 is 0 Å². The molecule has 0 aliphatic carbocycles. The van der Waals surface area contributed by atoms with Gasteiger partial charge in [0.1, 0.15) is 6.61 Å². The monoisotopic (exact) mass is 281 g/mol. The van der Waals surface area contributed by atoms with Crippen molar-refractivity contribution in [1.29, 1.82) is 0 Å². The lowest BCUT2D eigenvalue weighted by Crippen LogP contribution is -2.08. The zero-order valence-corrected chi connectivity index (χ0v) is 12.2. The Balaban J connectivity index is 1.90. The molecular formula is C18H19NO2. The maximum absolute atomic E-state index is 12.1. The average molecular weight is 281 g/mol. The van der Waals surface area contributed by atoms with Gasteiger partial charge in [0.25, 0.3) is 0 Å². The Morgan fingerprint density at radius 3 is 2.24 bits per heavy atom. The third kappa shape index (κ3) is 4.88. The van der Waals surface area contributed by atoms with Crippen LogP contribution >= 0.6 is 0 Å². The lowest BCUT2D eigenvalue weighted by molar-refractivity contribution is 0.0993. The summed E-state index contributed by atoms with van der Waals surface area (Å²) in [6, 6.07) is 19.1. The lowest BCUT2D eigenvalue weighted by Gasteiger charge is -2.05. The minimum absolute atomic E-state index is 0.0690. The first-order valence-electron chi connectivity index (χ1n) is 7.09. The van der Waals surface area contributed by atoms with Crippen molar-refractivity contribution < 1.29 is 9.63 Å². The first kappa shape index (κ1) is 15.0. The van der Waals surface area contributed by atoms with Gasteiger partial charge in [-0.15, -0.1) is 0 Å². The van der Waals surface area contributed by atoms with E-state index in [4.69, 9.17) is 4.84 Å². The van der Waals surface area contributed by atoms with Crippen molar-refractivity contribution >= 4 is 11.5 Å². The van der Waals surface area contributed by atoms with Crippen LogP contribution in [-0.2, 0) is 11.4 Å². The molecule has 0 aliphatic heterocycles. The molecule has 0 aliphatic rings. The highest BCUT2D eigenvalue weighted by Crippen LogP contribution is 2.07. The van der Waals surface area contributed by atoms with Gasteiger partial charge in [0.2, 0.25) is 0 Å². The highest BCUT2D eigenvalue weighted by Gasteiger charge is 2.09.